The van der Waals surface area contributed by atoms with Crippen LogP contribution in [0.2, 0.25) is 0 Å². The molecule has 0 radical (unpaired) electrons. The van der Waals surface area contributed by atoms with Crippen LogP contribution in [-0.2, 0) is 16.1 Å². The van der Waals surface area contributed by atoms with E-state index in [1.807, 2.05) is 31.5 Å². The van der Waals surface area contributed by atoms with Crippen LogP contribution < -0.4 is 0 Å². The van der Waals surface area contributed by atoms with Gasteiger partial charge in [0.15, 0.2) is 5.78 Å². The zero-order valence-corrected chi connectivity index (χ0v) is 10.8. The normalized spacial score (nSPS) is 11.3. The Kier molecular flexibility index (Phi) is 4.10. The number of ether oxygens (including phenoxy) is 1. The van der Waals surface area contributed by atoms with Gasteiger partial charge in [-0.2, -0.15) is 0 Å². The molecule has 17 heavy (non-hydrogen) atoms. The predicted molar refractivity (Wildman–Crippen MR) is 64.9 cm³/mol. The minimum Gasteiger partial charge on any atom is -0.469 e. The zero-order chi connectivity index (χ0) is 13.1. The third-order valence-electron chi connectivity index (χ3n) is 2.71. The van der Waals surface area contributed by atoms with Crippen molar-refractivity contribution in [2.24, 2.45) is 5.41 Å². The fraction of sp³-hybridized carbons (Fsp3) is 0.538. The number of aromatic nitrogens is 1. The molecular weight excluding hydrogens is 218 g/mol. The first-order chi connectivity index (χ1) is 7.90. The van der Waals surface area contributed by atoms with Crippen LogP contribution >= 0.6 is 0 Å². The van der Waals surface area contributed by atoms with Gasteiger partial charge in [0.25, 0.3) is 0 Å². The summed E-state index contributed by atoms with van der Waals surface area (Å²) in [6, 6.07) is 1.78. The fourth-order valence-corrected chi connectivity index (χ4v) is 1.71. The second kappa shape index (κ2) is 5.17. The Morgan fingerprint density at radius 1 is 1.41 bits per heavy atom. The topological polar surface area (TPSA) is 48.3 Å². The van der Waals surface area contributed by atoms with Crippen molar-refractivity contribution in [3.05, 3.63) is 24.0 Å². The molecule has 1 rings (SSSR count). The molecule has 4 heteroatoms. The summed E-state index contributed by atoms with van der Waals surface area (Å²) in [5.41, 5.74) is 0.0912. The number of esters is 1. The summed E-state index contributed by atoms with van der Waals surface area (Å²) in [4.78, 5) is 23.0. The molecule has 0 aliphatic carbocycles. The highest BCUT2D eigenvalue weighted by Gasteiger charge is 2.29. The number of hydrogen-bond donors (Lipinski definition) is 0. The van der Waals surface area contributed by atoms with Crippen LogP contribution in [0.5, 0.6) is 0 Å². The Labute approximate surface area is 102 Å². The van der Waals surface area contributed by atoms with Gasteiger partial charge in [0.1, 0.15) is 0 Å². The van der Waals surface area contributed by atoms with Gasteiger partial charge in [-0.25, -0.2) is 0 Å². The Balaban J connectivity index is 2.79. The van der Waals surface area contributed by atoms with Crippen molar-refractivity contribution in [1.82, 2.24) is 4.57 Å². The summed E-state index contributed by atoms with van der Waals surface area (Å²) in [7, 11) is 1.38. The molecule has 0 amide bonds. The van der Waals surface area contributed by atoms with E-state index in [0.29, 0.717) is 18.5 Å². The minimum atomic E-state index is -0.597. The van der Waals surface area contributed by atoms with Gasteiger partial charge in [-0.3, -0.25) is 9.59 Å². The van der Waals surface area contributed by atoms with E-state index < -0.39 is 5.41 Å². The quantitative estimate of drug-likeness (QED) is 0.583. The first-order valence-electron chi connectivity index (χ1n) is 5.68. The minimum absolute atomic E-state index is 0.111. The molecule has 0 saturated carbocycles. The van der Waals surface area contributed by atoms with Gasteiger partial charge in [-0.05, 0) is 19.9 Å². The van der Waals surface area contributed by atoms with Crippen molar-refractivity contribution in [2.75, 3.05) is 7.11 Å². The molecule has 0 N–H and O–H groups in total. The average molecular weight is 237 g/mol. The standard InChI is InChI=1S/C13H19NO3/c1-5-11(15)10-6-7-14(8-10)9-13(2,3)12(16)17-4/h6-8H,5,9H2,1-4H3. The van der Waals surface area contributed by atoms with Crippen molar-refractivity contribution in [3.63, 3.8) is 0 Å². The van der Waals surface area contributed by atoms with Crippen LogP contribution in [0, 0.1) is 5.41 Å². The molecule has 0 saturated heterocycles. The maximum atomic E-state index is 11.5. The van der Waals surface area contributed by atoms with Crippen LogP contribution in [0.4, 0.5) is 0 Å². The first-order valence-corrected chi connectivity index (χ1v) is 5.68. The van der Waals surface area contributed by atoms with Gasteiger partial charge >= 0.3 is 5.97 Å². The van der Waals surface area contributed by atoms with Gasteiger partial charge in [0.2, 0.25) is 0 Å². The van der Waals surface area contributed by atoms with E-state index in [1.54, 1.807) is 12.3 Å². The van der Waals surface area contributed by atoms with E-state index in [0.717, 1.165) is 0 Å². The van der Waals surface area contributed by atoms with Crippen LogP contribution in [0.15, 0.2) is 18.5 Å². The van der Waals surface area contributed by atoms with E-state index >= 15 is 0 Å². The third kappa shape index (κ3) is 3.19. The monoisotopic (exact) mass is 237 g/mol. The molecule has 0 spiro atoms. The molecule has 0 aliphatic heterocycles. The lowest BCUT2D eigenvalue weighted by Crippen LogP contribution is -2.30. The number of carbonyl (C=O) groups is 2. The van der Waals surface area contributed by atoms with Gasteiger partial charge in [-0.1, -0.05) is 6.92 Å². The van der Waals surface area contributed by atoms with E-state index in [-0.39, 0.29) is 11.8 Å². The average Bonchev–Trinajstić information content (AvgIpc) is 2.74. The molecule has 0 unspecified atom stereocenters. The lowest BCUT2D eigenvalue weighted by molar-refractivity contribution is -0.151. The van der Waals surface area contributed by atoms with Gasteiger partial charge < -0.3 is 9.30 Å². The van der Waals surface area contributed by atoms with Crippen LogP contribution in [-0.4, -0.2) is 23.4 Å². The molecule has 0 aliphatic rings. The van der Waals surface area contributed by atoms with Crippen LogP contribution in [0.25, 0.3) is 0 Å². The number of Topliss-reactive ketones (excluding diaryl/α,β-unsaturated/α-hetero) is 1. The highest BCUT2D eigenvalue weighted by atomic mass is 16.5. The second-order valence-electron chi connectivity index (χ2n) is 4.72. The molecule has 94 valence electrons. The van der Waals surface area contributed by atoms with E-state index in [1.165, 1.54) is 7.11 Å². The Morgan fingerprint density at radius 2 is 2.06 bits per heavy atom. The second-order valence-corrected chi connectivity index (χ2v) is 4.72. The largest absolute Gasteiger partial charge is 0.469 e. The number of methoxy groups -OCH3 is 1. The van der Waals surface area contributed by atoms with Gasteiger partial charge in [-0.15, -0.1) is 0 Å². The summed E-state index contributed by atoms with van der Waals surface area (Å²) >= 11 is 0. The van der Waals surface area contributed by atoms with E-state index in [9.17, 15) is 9.59 Å². The van der Waals surface area contributed by atoms with Crippen molar-refractivity contribution < 1.29 is 14.3 Å². The predicted octanol–water partition coefficient (Wildman–Crippen LogP) is 2.28. The van der Waals surface area contributed by atoms with Gasteiger partial charge in [0, 0.05) is 30.9 Å². The Hall–Kier alpha value is -1.58. The zero-order valence-electron chi connectivity index (χ0n) is 10.8. The number of ketones is 1. The molecule has 0 fully saturated rings. The number of carbonyl (C=O) groups excluding carboxylic acids is 2. The number of hydrogen-bond acceptors (Lipinski definition) is 3. The SMILES string of the molecule is CCC(=O)c1ccn(CC(C)(C)C(=O)OC)c1. The number of nitrogens with zero attached hydrogens (tertiary/aromatic N) is 1. The summed E-state index contributed by atoms with van der Waals surface area (Å²) < 4.78 is 6.59. The fourth-order valence-electron chi connectivity index (χ4n) is 1.71. The summed E-state index contributed by atoms with van der Waals surface area (Å²) in [6.07, 6.45) is 4.08. The van der Waals surface area contributed by atoms with Crippen molar-refractivity contribution in [3.8, 4) is 0 Å². The molecule has 0 atom stereocenters. The van der Waals surface area contributed by atoms with Crippen molar-refractivity contribution in [2.45, 2.75) is 33.7 Å². The first kappa shape index (κ1) is 13.5. The van der Waals surface area contributed by atoms with Crippen LogP contribution in [0.3, 0.4) is 0 Å². The molecule has 1 aromatic rings. The summed E-state index contributed by atoms with van der Waals surface area (Å²) in [5, 5.41) is 0. The highest BCUT2D eigenvalue weighted by Crippen LogP contribution is 2.20. The Morgan fingerprint density at radius 3 is 2.59 bits per heavy atom. The van der Waals surface area contributed by atoms with Crippen molar-refractivity contribution >= 4 is 11.8 Å². The van der Waals surface area contributed by atoms with Crippen molar-refractivity contribution in [1.29, 1.82) is 0 Å². The van der Waals surface area contributed by atoms with Gasteiger partial charge in [0.05, 0.1) is 12.5 Å². The van der Waals surface area contributed by atoms with E-state index in [2.05, 4.69) is 0 Å². The van der Waals surface area contributed by atoms with Crippen LogP contribution in [0.1, 0.15) is 37.6 Å². The molecule has 0 aromatic carbocycles. The molecule has 1 heterocycles. The third-order valence-corrected chi connectivity index (χ3v) is 2.71. The summed E-state index contributed by atoms with van der Waals surface area (Å²) in [5.74, 6) is -0.144. The molecule has 0 bridgehead atoms. The maximum absolute atomic E-state index is 11.5. The van der Waals surface area contributed by atoms with E-state index in [4.69, 9.17) is 4.74 Å². The smallest absolute Gasteiger partial charge is 0.313 e. The lowest BCUT2D eigenvalue weighted by Gasteiger charge is -2.21. The lowest BCUT2D eigenvalue weighted by atomic mass is 9.94. The maximum Gasteiger partial charge on any atom is 0.313 e. The Bertz CT molecular complexity index is 418. The highest BCUT2D eigenvalue weighted by molar-refractivity contribution is 5.95. The summed E-state index contributed by atoms with van der Waals surface area (Å²) in [6.45, 7) is 5.97. The molecule has 4 nitrogen and oxygen atoms in total. The molecular formula is C13H19NO3. The number of rotatable bonds is 5. The molecule has 1 aromatic heterocycles.